The lowest BCUT2D eigenvalue weighted by Crippen LogP contribution is -2.63. The predicted octanol–water partition coefficient (Wildman–Crippen LogP) is 2.02. The molecule has 1 heterocycles. The van der Waals surface area contributed by atoms with E-state index in [0.29, 0.717) is 10.6 Å². The Bertz CT molecular complexity index is 962. The summed E-state index contributed by atoms with van der Waals surface area (Å²) in [5.41, 5.74) is 1.38. The van der Waals surface area contributed by atoms with Gasteiger partial charge in [-0.1, -0.05) is 29.8 Å². The highest BCUT2D eigenvalue weighted by Crippen LogP contribution is 2.40. The van der Waals surface area contributed by atoms with Gasteiger partial charge in [-0.05, 0) is 55.5 Å². The minimum Gasteiger partial charge on any atom is -0.490 e. The summed E-state index contributed by atoms with van der Waals surface area (Å²) in [6.07, 6.45) is -2.35. The Morgan fingerprint density at radius 1 is 1.06 bits per heavy atom. The maximum Gasteiger partial charge on any atom is 0.222 e. The normalized spacial score (nSPS) is 30.9. The summed E-state index contributed by atoms with van der Waals surface area (Å²) in [5.74, 6) is -1.61. The maximum atomic E-state index is 11.2. The summed E-state index contributed by atoms with van der Waals surface area (Å²) in [5, 5.41) is 51.7. The highest BCUT2D eigenvalue weighted by molar-refractivity contribution is 6.31. The SMILES string of the molecule is COC(c1ccc(OC2CCCC2)cc1)c1cc([C@]2(O)O[C@H](CO)[C@@H](O)[C@H](O)[C@H]2O)ccc1Cl. The summed E-state index contributed by atoms with van der Waals surface area (Å²) in [6, 6.07) is 12.0. The van der Waals surface area contributed by atoms with Crippen molar-refractivity contribution in [3.05, 3.63) is 64.2 Å². The van der Waals surface area contributed by atoms with Gasteiger partial charge in [0.05, 0.1) is 12.7 Å². The molecule has 2 aliphatic rings. The van der Waals surface area contributed by atoms with Gasteiger partial charge in [-0.25, -0.2) is 0 Å². The van der Waals surface area contributed by atoms with E-state index in [1.165, 1.54) is 38.2 Å². The third-order valence-electron chi connectivity index (χ3n) is 6.68. The number of ether oxygens (including phenoxy) is 3. The fraction of sp³-hybridized carbons (Fsp3) is 0.520. The van der Waals surface area contributed by atoms with Crippen molar-refractivity contribution < 1.29 is 39.7 Å². The zero-order valence-corrected chi connectivity index (χ0v) is 19.6. The molecule has 0 bridgehead atoms. The van der Waals surface area contributed by atoms with Gasteiger partial charge in [-0.3, -0.25) is 0 Å². The molecular weight excluding hydrogens is 464 g/mol. The molecule has 186 valence electrons. The van der Waals surface area contributed by atoms with Crippen LogP contribution in [0.2, 0.25) is 5.02 Å². The Morgan fingerprint density at radius 2 is 1.74 bits per heavy atom. The smallest absolute Gasteiger partial charge is 0.222 e. The van der Waals surface area contributed by atoms with Crippen LogP contribution in [0.3, 0.4) is 0 Å². The zero-order valence-electron chi connectivity index (χ0n) is 18.9. The molecule has 34 heavy (non-hydrogen) atoms. The second-order valence-electron chi connectivity index (χ2n) is 8.91. The van der Waals surface area contributed by atoms with Crippen LogP contribution in [-0.2, 0) is 15.3 Å². The second-order valence-corrected chi connectivity index (χ2v) is 9.31. The van der Waals surface area contributed by atoms with Gasteiger partial charge in [0.25, 0.3) is 0 Å². The van der Waals surface area contributed by atoms with Gasteiger partial charge in [0, 0.05) is 23.3 Å². The summed E-state index contributed by atoms with van der Waals surface area (Å²) in [6.45, 7) is -0.663. The van der Waals surface area contributed by atoms with Crippen LogP contribution < -0.4 is 4.74 Å². The van der Waals surface area contributed by atoms with E-state index < -0.39 is 42.9 Å². The standard InChI is InChI=1S/C25H31ClO8/c1-32-23(14-6-9-17(10-7-14)33-16-4-2-3-5-16)18-12-15(8-11-19(18)26)25(31)24(30)22(29)21(28)20(13-27)34-25/h6-12,16,20-24,27-31H,2-5,13H2,1H3/t20-,21-,22+,23?,24-,25+/m1/s1. The van der Waals surface area contributed by atoms with Gasteiger partial charge in [-0.15, -0.1) is 0 Å². The Labute approximate surface area is 203 Å². The van der Waals surface area contributed by atoms with Crippen LogP contribution in [-0.4, -0.2) is 69.8 Å². The first kappa shape index (κ1) is 25.3. The third-order valence-corrected chi connectivity index (χ3v) is 7.03. The molecule has 0 spiro atoms. The van der Waals surface area contributed by atoms with Crippen LogP contribution >= 0.6 is 11.6 Å². The lowest BCUT2D eigenvalue weighted by atomic mass is 9.87. The number of benzene rings is 2. The molecule has 1 saturated heterocycles. The number of aliphatic hydroxyl groups excluding tert-OH is 4. The number of halogens is 1. The first-order chi connectivity index (χ1) is 16.3. The molecule has 5 N–H and O–H groups in total. The van der Waals surface area contributed by atoms with Gasteiger partial charge in [0.15, 0.2) is 0 Å². The van der Waals surface area contributed by atoms with Crippen molar-refractivity contribution in [2.75, 3.05) is 13.7 Å². The van der Waals surface area contributed by atoms with Crippen LogP contribution in [0, 0.1) is 0 Å². The van der Waals surface area contributed by atoms with Crippen molar-refractivity contribution >= 4 is 11.6 Å². The quantitative estimate of drug-likeness (QED) is 0.395. The first-order valence-corrected chi connectivity index (χ1v) is 11.8. The van der Waals surface area contributed by atoms with Crippen LogP contribution in [0.25, 0.3) is 0 Å². The van der Waals surface area contributed by atoms with Gasteiger partial charge >= 0.3 is 0 Å². The van der Waals surface area contributed by atoms with E-state index in [1.54, 1.807) is 0 Å². The molecule has 2 aromatic rings. The Kier molecular flexibility index (Phi) is 7.81. The molecule has 0 aromatic heterocycles. The number of hydrogen-bond donors (Lipinski definition) is 5. The van der Waals surface area contributed by atoms with Gasteiger partial charge in [0.1, 0.15) is 36.3 Å². The molecule has 1 saturated carbocycles. The highest BCUT2D eigenvalue weighted by atomic mass is 35.5. The number of rotatable bonds is 7. The van der Waals surface area contributed by atoms with Crippen molar-refractivity contribution in [3.63, 3.8) is 0 Å². The molecule has 2 fully saturated rings. The second kappa shape index (κ2) is 10.5. The molecule has 9 heteroatoms. The first-order valence-electron chi connectivity index (χ1n) is 11.4. The topological polar surface area (TPSA) is 129 Å². The monoisotopic (exact) mass is 494 g/mol. The molecule has 0 amide bonds. The Morgan fingerprint density at radius 3 is 2.35 bits per heavy atom. The maximum absolute atomic E-state index is 11.2. The lowest BCUT2D eigenvalue weighted by Gasteiger charge is -2.45. The van der Waals surface area contributed by atoms with E-state index in [4.69, 9.17) is 25.8 Å². The van der Waals surface area contributed by atoms with Crippen molar-refractivity contribution in [3.8, 4) is 5.75 Å². The highest BCUT2D eigenvalue weighted by Gasteiger charge is 2.53. The molecule has 0 radical (unpaired) electrons. The van der Waals surface area contributed by atoms with Crippen molar-refractivity contribution in [2.45, 2.75) is 68.1 Å². The number of hydrogen-bond acceptors (Lipinski definition) is 8. The zero-order chi connectivity index (χ0) is 24.5. The van der Waals surface area contributed by atoms with Gasteiger partial charge in [0.2, 0.25) is 5.79 Å². The fourth-order valence-electron chi connectivity index (χ4n) is 4.72. The molecule has 1 aliphatic carbocycles. The molecule has 1 unspecified atom stereocenters. The minimum atomic E-state index is -2.39. The third kappa shape index (κ3) is 4.82. The van der Waals surface area contributed by atoms with E-state index in [0.717, 1.165) is 24.2 Å². The Balaban J connectivity index is 1.62. The number of methoxy groups -OCH3 is 1. The summed E-state index contributed by atoms with van der Waals surface area (Å²) < 4.78 is 17.2. The van der Waals surface area contributed by atoms with Crippen molar-refractivity contribution in [2.24, 2.45) is 0 Å². The van der Waals surface area contributed by atoms with Gasteiger partial charge in [-0.2, -0.15) is 0 Å². The van der Waals surface area contributed by atoms with E-state index in [-0.39, 0.29) is 11.7 Å². The largest absolute Gasteiger partial charge is 0.490 e. The fourth-order valence-corrected chi connectivity index (χ4v) is 4.94. The van der Waals surface area contributed by atoms with Crippen molar-refractivity contribution in [1.29, 1.82) is 0 Å². The van der Waals surface area contributed by atoms with E-state index in [2.05, 4.69) is 0 Å². The van der Waals surface area contributed by atoms with E-state index in [1.807, 2.05) is 24.3 Å². The summed E-state index contributed by atoms with van der Waals surface area (Å²) in [7, 11) is 1.53. The Hall–Kier alpha value is -1.75. The van der Waals surface area contributed by atoms with E-state index >= 15 is 0 Å². The van der Waals surface area contributed by atoms with Crippen LogP contribution in [0.4, 0.5) is 0 Å². The van der Waals surface area contributed by atoms with Crippen LogP contribution in [0.5, 0.6) is 5.75 Å². The average molecular weight is 495 g/mol. The van der Waals surface area contributed by atoms with Gasteiger partial charge < -0.3 is 39.7 Å². The molecule has 8 nitrogen and oxygen atoms in total. The predicted molar refractivity (Wildman–Crippen MR) is 124 cm³/mol. The molecular formula is C25H31ClO8. The van der Waals surface area contributed by atoms with Crippen LogP contribution in [0.15, 0.2) is 42.5 Å². The summed E-state index contributed by atoms with van der Waals surface area (Å²) >= 11 is 6.47. The van der Waals surface area contributed by atoms with Crippen molar-refractivity contribution in [1.82, 2.24) is 0 Å². The lowest BCUT2D eigenvalue weighted by molar-refractivity contribution is -0.357. The molecule has 4 rings (SSSR count). The van der Waals surface area contributed by atoms with Crippen LogP contribution in [0.1, 0.15) is 48.5 Å². The van der Waals surface area contributed by atoms with E-state index in [9.17, 15) is 25.5 Å². The summed E-state index contributed by atoms with van der Waals surface area (Å²) in [4.78, 5) is 0. The minimum absolute atomic E-state index is 0.0898. The molecule has 6 atom stereocenters. The average Bonchev–Trinajstić information content (AvgIpc) is 3.36. The molecule has 2 aromatic carbocycles. The molecule has 1 aliphatic heterocycles. The number of aliphatic hydroxyl groups is 5.